The lowest BCUT2D eigenvalue weighted by atomic mass is 10.1. The van der Waals surface area contributed by atoms with Gasteiger partial charge >= 0.3 is 0 Å². The summed E-state index contributed by atoms with van der Waals surface area (Å²) in [6.07, 6.45) is 7.60. The van der Waals surface area contributed by atoms with Crippen LogP contribution in [-0.2, 0) is 16.6 Å². The molecular weight excluding hydrogens is 424 g/mol. The summed E-state index contributed by atoms with van der Waals surface area (Å²) in [6.45, 7) is 1.58. The molecule has 0 spiro atoms. The number of carbonyl (C=O) groups excluding carboxylic acids is 1. The Hall–Kier alpha value is -3.33. The first-order valence-electron chi connectivity index (χ1n) is 10.3. The van der Waals surface area contributed by atoms with Crippen LogP contribution >= 0.6 is 0 Å². The van der Waals surface area contributed by atoms with Gasteiger partial charge in [-0.1, -0.05) is 48.6 Å². The molecule has 32 heavy (non-hydrogen) atoms. The summed E-state index contributed by atoms with van der Waals surface area (Å²) in [5.41, 5.74) is 4.22. The van der Waals surface area contributed by atoms with Gasteiger partial charge in [0.15, 0.2) is 0 Å². The number of benzene rings is 2. The van der Waals surface area contributed by atoms with Crippen molar-refractivity contribution in [2.24, 2.45) is 0 Å². The van der Waals surface area contributed by atoms with Crippen LogP contribution < -0.4 is 15.4 Å². The number of fused-ring (bicyclic) bond motifs is 1. The second kappa shape index (κ2) is 9.86. The van der Waals surface area contributed by atoms with Crippen molar-refractivity contribution in [1.29, 1.82) is 0 Å². The number of hydrogen-bond donors (Lipinski definition) is 3. The first-order valence-corrected chi connectivity index (χ1v) is 11.8. The highest BCUT2D eigenvalue weighted by atomic mass is 32.2. The summed E-state index contributed by atoms with van der Waals surface area (Å²) in [5.74, 6) is -0.239. The van der Waals surface area contributed by atoms with Crippen molar-refractivity contribution in [1.82, 2.24) is 20.3 Å². The number of nitrogens with one attached hydrogen (secondary N) is 3. The molecule has 0 aliphatic carbocycles. The molecule has 0 fully saturated rings. The number of carbonyl (C=O) groups is 1. The molecule has 3 aromatic rings. The van der Waals surface area contributed by atoms with Gasteiger partial charge < -0.3 is 10.6 Å². The topological polar surface area (TPSA) is 100 Å². The largest absolute Gasteiger partial charge is 0.348 e. The molecule has 164 valence electrons. The van der Waals surface area contributed by atoms with E-state index < -0.39 is 10.0 Å². The minimum atomic E-state index is -3.68. The summed E-state index contributed by atoms with van der Waals surface area (Å²) >= 11 is 0. The molecule has 0 radical (unpaired) electrons. The van der Waals surface area contributed by atoms with Gasteiger partial charge in [-0.3, -0.25) is 9.78 Å². The van der Waals surface area contributed by atoms with Gasteiger partial charge in [0.2, 0.25) is 10.0 Å². The third-order valence-corrected chi connectivity index (χ3v) is 6.71. The van der Waals surface area contributed by atoms with E-state index >= 15 is 0 Å². The molecule has 0 saturated carbocycles. The molecule has 1 aliphatic rings. The van der Waals surface area contributed by atoms with Gasteiger partial charge in [-0.15, -0.1) is 0 Å². The molecule has 2 heterocycles. The van der Waals surface area contributed by atoms with Crippen LogP contribution in [0.4, 0.5) is 0 Å². The van der Waals surface area contributed by atoms with Crippen LogP contribution in [0.5, 0.6) is 0 Å². The molecule has 1 aliphatic heterocycles. The molecular formula is C24H24N4O3S. The van der Waals surface area contributed by atoms with Crippen LogP contribution in [0.25, 0.3) is 17.2 Å². The highest BCUT2D eigenvalue weighted by Crippen LogP contribution is 2.23. The Morgan fingerprint density at radius 1 is 1.00 bits per heavy atom. The van der Waals surface area contributed by atoms with Gasteiger partial charge in [0, 0.05) is 49.7 Å². The van der Waals surface area contributed by atoms with Crippen molar-refractivity contribution in [3.8, 4) is 11.1 Å². The fraction of sp³-hybridized carbons (Fsp3) is 0.167. The zero-order valence-electron chi connectivity index (χ0n) is 17.4. The number of amides is 1. The predicted molar refractivity (Wildman–Crippen MR) is 124 cm³/mol. The lowest BCUT2D eigenvalue weighted by molar-refractivity contribution is 0.0965. The molecule has 0 unspecified atom stereocenters. The highest BCUT2D eigenvalue weighted by Gasteiger charge is 2.26. The first kappa shape index (κ1) is 21.9. The Morgan fingerprint density at radius 3 is 2.62 bits per heavy atom. The van der Waals surface area contributed by atoms with E-state index in [0.29, 0.717) is 24.2 Å². The fourth-order valence-corrected chi connectivity index (χ4v) is 4.82. The monoisotopic (exact) mass is 448 g/mol. The number of sulfonamides is 1. The number of aromatic nitrogens is 1. The van der Waals surface area contributed by atoms with E-state index in [1.54, 1.807) is 18.3 Å². The second-order valence-electron chi connectivity index (χ2n) is 7.33. The molecule has 8 heteroatoms. The van der Waals surface area contributed by atoms with Crippen LogP contribution in [0.3, 0.4) is 0 Å². The Balaban J connectivity index is 1.22. The fourth-order valence-electron chi connectivity index (χ4n) is 3.53. The molecule has 0 bridgehead atoms. The van der Waals surface area contributed by atoms with E-state index in [2.05, 4.69) is 32.5 Å². The van der Waals surface area contributed by atoms with Gasteiger partial charge in [0.05, 0.1) is 4.90 Å². The van der Waals surface area contributed by atoms with Gasteiger partial charge in [-0.25, -0.2) is 13.1 Å². The van der Waals surface area contributed by atoms with E-state index in [1.807, 2.05) is 42.6 Å². The van der Waals surface area contributed by atoms with Crippen molar-refractivity contribution in [2.75, 3.05) is 19.6 Å². The normalized spacial score (nSPS) is 13.3. The summed E-state index contributed by atoms with van der Waals surface area (Å²) in [5, 5.41) is 5.85. The number of nitrogens with zero attached hydrogens (tertiary/aromatic N) is 1. The maximum Gasteiger partial charge on any atom is 0.251 e. The minimum Gasteiger partial charge on any atom is -0.348 e. The summed E-state index contributed by atoms with van der Waals surface area (Å²) in [6, 6.07) is 16.9. The molecule has 0 atom stereocenters. The SMILES string of the molecule is O=C1NCc2c1cccc2S(=O)(=O)NCCNC/C=C/c1ccc(-c2cccnc2)cc1. The van der Waals surface area contributed by atoms with Crippen molar-refractivity contribution in [3.63, 3.8) is 0 Å². The standard InChI is InChI=1S/C24H24N4O3S/c29-24-21-6-1-7-23(22(21)17-27-24)32(30,31)28-15-14-25-12-2-4-18-8-10-19(11-9-18)20-5-3-13-26-16-20/h1-11,13,16,25,28H,12,14-15,17H2,(H,27,29)/b4-2+. The zero-order chi connectivity index (χ0) is 22.4. The molecule has 0 saturated heterocycles. The van der Waals surface area contributed by atoms with Crippen molar-refractivity contribution in [3.05, 3.63) is 89.8 Å². The number of rotatable bonds is 9. The summed E-state index contributed by atoms with van der Waals surface area (Å²) in [4.78, 5) is 16.0. The van der Waals surface area contributed by atoms with Crippen LogP contribution in [0.2, 0.25) is 0 Å². The Labute approximate surface area is 187 Å². The third kappa shape index (κ3) is 5.11. The minimum absolute atomic E-state index is 0.156. The van der Waals surface area contributed by atoms with Crippen molar-refractivity contribution in [2.45, 2.75) is 11.4 Å². The van der Waals surface area contributed by atoms with Gasteiger partial charge in [0.25, 0.3) is 5.91 Å². The molecule has 7 nitrogen and oxygen atoms in total. The Morgan fingerprint density at radius 2 is 1.84 bits per heavy atom. The van der Waals surface area contributed by atoms with E-state index in [9.17, 15) is 13.2 Å². The Kier molecular flexibility index (Phi) is 6.75. The van der Waals surface area contributed by atoms with Crippen molar-refractivity contribution < 1.29 is 13.2 Å². The quantitative estimate of drug-likeness (QED) is 0.437. The molecule has 4 rings (SSSR count). The lowest BCUT2D eigenvalue weighted by Gasteiger charge is -2.10. The number of hydrogen-bond acceptors (Lipinski definition) is 5. The van der Waals surface area contributed by atoms with E-state index in [4.69, 9.17) is 0 Å². The number of pyridine rings is 1. The third-order valence-electron chi connectivity index (χ3n) is 5.16. The average molecular weight is 449 g/mol. The maximum atomic E-state index is 12.6. The van der Waals surface area contributed by atoms with Crippen LogP contribution in [0.15, 0.2) is 78.0 Å². The summed E-state index contributed by atoms with van der Waals surface area (Å²) in [7, 11) is -3.68. The Bertz CT molecular complexity index is 1220. The second-order valence-corrected chi connectivity index (χ2v) is 9.07. The molecule has 2 aromatic carbocycles. The van der Waals surface area contributed by atoms with Crippen LogP contribution in [-0.4, -0.2) is 38.9 Å². The highest BCUT2D eigenvalue weighted by molar-refractivity contribution is 7.89. The molecule has 1 amide bonds. The maximum absolute atomic E-state index is 12.6. The van der Waals surface area contributed by atoms with E-state index in [-0.39, 0.29) is 23.9 Å². The van der Waals surface area contributed by atoms with E-state index in [1.165, 1.54) is 6.07 Å². The lowest BCUT2D eigenvalue weighted by Crippen LogP contribution is -2.32. The van der Waals surface area contributed by atoms with Gasteiger partial charge in [-0.05, 0) is 34.9 Å². The van der Waals surface area contributed by atoms with Gasteiger partial charge in [-0.2, -0.15) is 0 Å². The average Bonchev–Trinajstić information content (AvgIpc) is 3.20. The first-order chi connectivity index (χ1) is 15.5. The zero-order valence-corrected chi connectivity index (χ0v) is 18.2. The summed E-state index contributed by atoms with van der Waals surface area (Å²) < 4.78 is 27.8. The van der Waals surface area contributed by atoms with E-state index in [0.717, 1.165) is 16.7 Å². The van der Waals surface area contributed by atoms with Gasteiger partial charge in [0.1, 0.15) is 0 Å². The predicted octanol–water partition coefficient (Wildman–Crippen LogP) is 2.57. The molecule has 1 aromatic heterocycles. The van der Waals surface area contributed by atoms with Crippen LogP contribution in [0, 0.1) is 0 Å². The van der Waals surface area contributed by atoms with Crippen LogP contribution in [0.1, 0.15) is 21.5 Å². The smallest absolute Gasteiger partial charge is 0.251 e. The van der Waals surface area contributed by atoms with Crippen molar-refractivity contribution >= 4 is 22.0 Å². The molecule has 3 N–H and O–H groups in total.